The van der Waals surface area contributed by atoms with E-state index in [-0.39, 0.29) is 20.8 Å². The van der Waals surface area contributed by atoms with Crippen molar-refractivity contribution in [3.8, 4) is 0 Å². The normalized spacial score (nSPS) is 16.2. The summed E-state index contributed by atoms with van der Waals surface area (Å²) in [5.41, 5.74) is 0.923. The highest BCUT2D eigenvalue weighted by molar-refractivity contribution is 9.14. The molecule has 0 N–H and O–H groups in total. The standard InChI is InChI=1S/C11H7Br2NO2/c12-8-9(13)11(16)14(10(8)15)6-7-4-2-1-3-5-7/h1-5H,6H2. The van der Waals surface area contributed by atoms with Gasteiger partial charge in [-0.2, -0.15) is 0 Å². The van der Waals surface area contributed by atoms with Gasteiger partial charge < -0.3 is 0 Å². The smallest absolute Gasteiger partial charge is 0.269 e. The Balaban J connectivity index is 2.21. The van der Waals surface area contributed by atoms with E-state index in [2.05, 4.69) is 31.9 Å². The minimum atomic E-state index is -0.305. The van der Waals surface area contributed by atoms with Crippen molar-refractivity contribution in [2.24, 2.45) is 0 Å². The van der Waals surface area contributed by atoms with Gasteiger partial charge in [0.25, 0.3) is 11.8 Å². The van der Waals surface area contributed by atoms with Gasteiger partial charge >= 0.3 is 0 Å². The lowest BCUT2D eigenvalue weighted by atomic mass is 10.2. The second kappa shape index (κ2) is 4.51. The van der Waals surface area contributed by atoms with Crippen LogP contribution in [0.15, 0.2) is 39.3 Å². The highest BCUT2D eigenvalue weighted by Crippen LogP contribution is 2.30. The van der Waals surface area contributed by atoms with Crippen LogP contribution >= 0.6 is 31.9 Å². The number of halogens is 2. The molecule has 3 nitrogen and oxygen atoms in total. The van der Waals surface area contributed by atoms with Crippen LogP contribution in [-0.2, 0) is 16.1 Å². The number of benzene rings is 1. The van der Waals surface area contributed by atoms with Crippen molar-refractivity contribution < 1.29 is 9.59 Å². The van der Waals surface area contributed by atoms with Crippen LogP contribution in [0.25, 0.3) is 0 Å². The van der Waals surface area contributed by atoms with E-state index in [0.717, 1.165) is 5.56 Å². The SMILES string of the molecule is O=C1C(Br)=C(Br)C(=O)N1Cc1ccccc1. The lowest BCUT2D eigenvalue weighted by molar-refractivity contribution is -0.137. The molecular formula is C11H7Br2NO2. The average Bonchev–Trinajstić information content (AvgIpc) is 2.48. The Morgan fingerprint density at radius 3 is 1.94 bits per heavy atom. The van der Waals surface area contributed by atoms with E-state index in [1.54, 1.807) is 0 Å². The van der Waals surface area contributed by atoms with E-state index in [1.165, 1.54) is 4.90 Å². The Labute approximate surface area is 109 Å². The lowest BCUT2D eigenvalue weighted by Gasteiger charge is -2.13. The molecule has 2 amide bonds. The molecule has 2 rings (SSSR count). The number of carbonyl (C=O) groups excluding carboxylic acids is 2. The Morgan fingerprint density at radius 1 is 0.938 bits per heavy atom. The summed E-state index contributed by atoms with van der Waals surface area (Å²) in [5.74, 6) is -0.610. The first kappa shape index (κ1) is 11.5. The van der Waals surface area contributed by atoms with Gasteiger partial charge in [-0.1, -0.05) is 30.3 Å². The maximum absolute atomic E-state index is 11.7. The van der Waals surface area contributed by atoms with Crippen LogP contribution in [0.1, 0.15) is 5.56 Å². The Bertz CT molecular complexity index is 458. The maximum Gasteiger partial charge on any atom is 0.269 e. The molecule has 82 valence electrons. The van der Waals surface area contributed by atoms with E-state index < -0.39 is 0 Å². The van der Waals surface area contributed by atoms with Crippen molar-refractivity contribution in [1.29, 1.82) is 0 Å². The van der Waals surface area contributed by atoms with Crippen molar-refractivity contribution in [1.82, 2.24) is 4.90 Å². The van der Waals surface area contributed by atoms with Gasteiger partial charge in [-0.05, 0) is 37.4 Å². The molecule has 0 atom stereocenters. The van der Waals surface area contributed by atoms with E-state index in [1.807, 2.05) is 30.3 Å². The molecule has 1 aromatic carbocycles. The zero-order valence-corrected chi connectivity index (χ0v) is 11.3. The number of hydrogen-bond donors (Lipinski definition) is 0. The number of amides is 2. The van der Waals surface area contributed by atoms with Crippen LogP contribution < -0.4 is 0 Å². The summed E-state index contributed by atoms with van der Waals surface area (Å²) in [6.45, 7) is 0.294. The van der Waals surface area contributed by atoms with Crippen molar-refractivity contribution >= 4 is 43.7 Å². The Hall–Kier alpha value is -0.940. The lowest BCUT2D eigenvalue weighted by Crippen LogP contribution is -2.30. The molecule has 0 radical (unpaired) electrons. The van der Waals surface area contributed by atoms with E-state index >= 15 is 0 Å². The Kier molecular flexibility index (Phi) is 3.25. The maximum atomic E-state index is 11.7. The first-order valence-electron chi connectivity index (χ1n) is 4.56. The van der Waals surface area contributed by atoms with E-state index in [4.69, 9.17) is 0 Å². The molecule has 5 heteroatoms. The van der Waals surface area contributed by atoms with Crippen molar-refractivity contribution in [2.75, 3.05) is 0 Å². The molecule has 1 aliphatic heterocycles. The molecule has 0 aliphatic carbocycles. The van der Waals surface area contributed by atoms with Gasteiger partial charge in [0.2, 0.25) is 0 Å². The summed E-state index contributed by atoms with van der Waals surface area (Å²) >= 11 is 6.17. The van der Waals surface area contributed by atoms with Gasteiger partial charge in [0.15, 0.2) is 0 Å². The number of hydrogen-bond acceptors (Lipinski definition) is 2. The molecule has 0 fully saturated rings. The number of imide groups is 1. The quantitative estimate of drug-likeness (QED) is 0.773. The van der Waals surface area contributed by atoms with Crippen LogP contribution in [0.2, 0.25) is 0 Å². The minimum absolute atomic E-state index is 0.286. The van der Waals surface area contributed by atoms with Gasteiger partial charge in [0.1, 0.15) is 8.96 Å². The molecule has 0 aromatic heterocycles. The third-order valence-corrected chi connectivity index (χ3v) is 4.25. The topological polar surface area (TPSA) is 37.4 Å². The second-order valence-electron chi connectivity index (χ2n) is 3.31. The molecule has 0 bridgehead atoms. The third kappa shape index (κ3) is 1.97. The van der Waals surface area contributed by atoms with Crippen molar-refractivity contribution in [3.63, 3.8) is 0 Å². The van der Waals surface area contributed by atoms with Crippen molar-refractivity contribution in [2.45, 2.75) is 6.54 Å². The van der Waals surface area contributed by atoms with Gasteiger partial charge in [0, 0.05) is 0 Å². The van der Waals surface area contributed by atoms with Gasteiger partial charge in [-0.25, -0.2) is 0 Å². The van der Waals surface area contributed by atoms with Crippen molar-refractivity contribution in [3.05, 3.63) is 44.9 Å². The predicted molar refractivity (Wildman–Crippen MR) is 66.9 cm³/mol. The first-order valence-corrected chi connectivity index (χ1v) is 6.15. The molecule has 0 spiro atoms. The van der Waals surface area contributed by atoms with Crippen LogP contribution in [0.3, 0.4) is 0 Å². The fourth-order valence-electron chi connectivity index (χ4n) is 1.43. The van der Waals surface area contributed by atoms with Crippen LogP contribution in [0.4, 0.5) is 0 Å². The molecule has 16 heavy (non-hydrogen) atoms. The Morgan fingerprint density at radius 2 is 1.44 bits per heavy atom. The molecule has 1 aliphatic rings. The van der Waals surface area contributed by atoms with E-state index in [9.17, 15) is 9.59 Å². The average molecular weight is 345 g/mol. The molecule has 0 saturated carbocycles. The minimum Gasteiger partial charge on any atom is -0.269 e. The fourth-order valence-corrected chi connectivity index (χ4v) is 2.19. The summed E-state index contributed by atoms with van der Waals surface area (Å²) in [5, 5.41) is 0. The molecule has 0 unspecified atom stereocenters. The summed E-state index contributed by atoms with van der Waals surface area (Å²) < 4.78 is 0.571. The molecule has 1 heterocycles. The van der Waals surface area contributed by atoms with Crippen LogP contribution in [-0.4, -0.2) is 16.7 Å². The third-order valence-electron chi connectivity index (χ3n) is 2.24. The highest BCUT2D eigenvalue weighted by Gasteiger charge is 2.35. The van der Waals surface area contributed by atoms with Crippen LogP contribution in [0.5, 0.6) is 0 Å². The van der Waals surface area contributed by atoms with E-state index in [0.29, 0.717) is 6.54 Å². The monoisotopic (exact) mass is 343 g/mol. The second-order valence-corrected chi connectivity index (χ2v) is 4.90. The molecular weight excluding hydrogens is 338 g/mol. The predicted octanol–water partition coefficient (Wildman–Crippen LogP) is 2.56. The van der Waals surface area contributed by atoms with Crippen LogP contribution in [0, 0.1) is 0 Å². The summed E-state index contributed by atoms with van der Waals surface area (Å²) in [4.78, 5) is 24.6. The summed E-state index contributed by atoms with van der Waals surface area (Å²) in [7, 11) is 0. The van der Waals surface area contributed by atoms with Gasteiger partial charge in [-0.3, -0.25) is 14.5 Å². The fraction of sp³-hybridized carbons (Fsp3) is 0.0909. The summed E-state index contributed by atoms with van der Waals surface area (Å²) in [6.07, 6.45) is 0. The first-order chi connectivity index (χ1) is 7.61. The van der Waals surface area contributed by atoms with Gasteiger partial charge in [0.05, 0.1) is 6.54 Å². The number of rotatable bonds is 2. The highest BCUT2D eigenvalue weighted by atomic mass is 79.9. The largest absolute Gasteiger partial charge is 0.269 e. The molecule has 1 aromatic rings. The summed E-state index contributed by atoms with van der Waals surface area (Å²) in [6, 6.07) is 9.39. The number of nitrogens with zero attached hydrogens (tertiary/aromatic N) is 1. The zero-order valence-electron chi connectivity index (χ0n) is 8.11. The number of carbonyl (C=O) groups is 2. The zero-order chi connectivity index (χ0) is 11.7. The molecule has 0 saturated heterocycles. The van der Waals surface area contributed by atoms with Gasteiger partial charge in [-0.15, -0.1) is 0 Å².